The third-order valence-corrected chi connectivity index (χ3v) is 4.76. The second-order valence-corrected chi connectivity index (χ2v) is 8.41. The van der Waals surface area contributed by atoms with Gasteiger partial charge in [-0.15, -0.1) is 0 Å². The molecule has 1 heterocycles. The molecule has 27 heavy (non-hydrogen) atoms. The number of hydrogen-bond acceptors (Lipinski definition) is 3. The number of benzene rings is 1. The molecule has 0 aliphatic heterocycles. The lowest BCUT2D eigenvalue weighted by molar-refractivity contribution is 0.146. The first-order chi connectivity index (χ1) is 12.7. The van der Waals surface area contributed by atoms with E-state index < -0.39 is 6.43 Å². The SMILES string of the molecule is C[C@H](COc1ccc(-c2ccnc(C(F)F)c2)cc1C1CC1)CC(C)(C)N. The summed E-state index contributed by atoms with van der Waals surface area (Å²) in [6.07, 6.45) is 2.04. The molecule has 1 aromatic carbocycles. The Labute approximate surface area is 160 Å². The molecule has 0 amide bonds. The Hall–Kier alpha value is -2.01. The average Bonchev–Trinajstić information content (AvgIpc) is 3.43. The second-order valence-electron chi connectivity index (χ2n) is 8.41. The van der Waals surface area contributed by atoms with Crippen LogP contribution in [-0.2, 0) is 0 Å². The van der Waals surface area contributed by atoms with E-state index in [-0.39, 0.29) is 11.2 Å². The average molecular weight is 374 g/mol. The summed E-state index contributed by atoms with van der Waals surface area (Å²) in [5, 5.41) is 0. The van der Waals surface area contributed by atoms with Crippen molar-refractivity contribution in [1.29, 1.82) is 0 Å². The molecular formula is C22H28F2N2O. The van der Waals surface area contributed by atoms with Crippen molar-refractivity contribution in [3.63, 3.8) is 0 Å². The van der Waals surface area contributed by atoms with E-state index in [4.69, 9.17) is 10.5 Å². The summed E-state index contributed by atoms with van der Waals surface area (Å²) < 4.78 is 32.0. The molecule has 2 aromatic rings. The molecule has 1 atom stereocenters. The molecule has 1 aliphatic rings. The Kier molecular flexibility index (Phi) is 5.80. The number of alkyl halides is 2. The summed E-state index contributed by atoms with van der Waals surface area (Å²) in [5.41, 5.74) is 8.54. The van der Waals surface area contributed by atoms with Gasteiger partial charge in [0.1, 0.15) is 11.4 Å². The highest BCUT2D eigenvalue weighted by molar-refractivity contribution is 5.66. The largest absolute Gasteiger partial charge is 0.493 e. The summed E-state index contributed by atoms with van der Waals surface area (Å²) >= 11 is 0. The molecule has 3 nitrogen and oxygen atoms in total. The van der Waals surface area contributed by atoms with E-state index in [1.807, 2.05) is 26.0 Å². The zero-order valence-corrected chi connectivity index (χ0v) is 16.2. The molecule has 1 aromatic heterocycles. The van der Waals surface area contributed by atoms with Crippen LogP contribution in [0.2, 0.25) is 0 Å². The first kappa shape index (κ1) is 19.7. The first-order valence-corrected chi connectivity index (χ1v) is 9.53. The van der Waals surface area contributed by atoms with Gasteiger partial charge in [-0.3, -0.25) is 4.98 Å². The minimum Gasteiger partial charge on any atom is -0.493 e. The number of halogens is 2. The fourth-order valence-corrected chi connectivity index (χ4v) is 3.51. The molecular weight excluding hydrogens is 346 g/mol. The predicted octanol–water partition coefficient (Wildman–Crippen LogP) is 5.71. The summed E-state index contributed by atoms with van der Waals surface area (Å²) in [5.74, 6) is 1.74. The highest BCUT2D eigenvalue weighted by Gasteiger charge is 2.28. The fraction of sp³-hybridized carbons (Fsp3) is 0.500. The molecule has 1 saturated carbocycles. The number of hydrogen-bond donors (Lipinski definition) is 1. The number of pyridine rings is 1. The van der Waals surface area contributed by atoms with Gasteiger partial charge in [-0.05, 0) is 85.9 Å². The number of aromatic nitrogens is 1. The van der Waals surface area contributed by atoms with Crippen LogP contribution in [0.5, 0.6) is 5.75 Å². The van der Waals surface area contributed by atoms with Crippen LogP contribution in [0.15, 0.2) is 36.5 Å². The van der Waals surface area contributed by atoms with Crippen molar-refractivity contribution < 1.29 is 13.5 Å². The number of nitrogens with two attached hydrogens (primary N) is 1. The van der Waals surface area contributed by atoms with E-state index in [2.05, 4.69) is 18.0 Å². The van der Waals surface area contributed by atoms with Crippen LogP contribution < -0.4 is 10.5 Å². The van der Waals surface area contributed by atoms with Gasteiger partial charge in [0.25, 0.3) is 6.43 Å². The minimum absolute atomic E-state index is 0.195. The number of ether oxygens (including phenoxy) is 1. The Morgan fingerprint density at radius 1 is 1.19 bits per heavy atom. The van der Waals surface area contributed by atoms with E-state index in [1.54, 1.807) is 6.07 Å². The Bertz CT molecular complexity index is 782. The second kappa shape index (κ2) is 7.93. The van der Waals surface area contributed by atoms with Crippen LogP contribution in [0.4, 0.5) is 8.78 Å². The van der Waals surface area contributed by atoms with Crippen LogP contribution in [-0.4, -0.2) is 17.1 Å². The van der Waals surface area contributed by atoms with Gasteiger partial charge >= 0.3 is 0 Å². The quantitative estimate of drug-likeness (QED) is 0.644. The number of rotatable bonds is 8. The summed E-state index contributed by atoms with van der Waals surface area (Å²) in [6, 6.07) is 9.21. The van der Waals surface area contributed by atoms with Crippen LogP contribution in [0, 0.1) is 5.92 Å². The van der Waals surface area contributed by atoms with Crippen molar-refractivity contribution in [2.45, 2.75) is 57.9 Å². The van der Waals surface area contributed by atoms with Crippen molar-refractivity contribution in [2.24, 2.45) is 11.7 Å². The topological polar surface area (TPSA) is 48.1 Å². The highest BCUT2D eigenvalue weighted by Crippen LogP contribution is 2.45. The number of nitrogens with zero attached hydrogens (tertiary/aromatic N) is 1. The van der Waals surface area contributed by atoms with E-state index in [9.17, 15) is 8.78 Å². The summed E-state index contributed by atoms with van der Waals surface area (Å²) in [7, 11) is 0. The van der Waals surface area contributed by atoms with Crippen molar-refractivity contribution >= 4 is 0 Å². The molecule has 146 valence electrons. The van der Waals surface area contributed by atoms with Gasteiger partial charge in [0.2, 0.25) is 0 Å². The highest BCUT2D eigenvalue weighted by atomic mass is 19.3. The maximum absolute atomic E-state index is 12.9. The van der Waals surface area contributed by atoms with E-state index in [1.165, 1.54) is 17.8 Å². The van der Waals surface area contributed by atoms with Crippen molar-refractivity contribution in [1.82, 2.24) is 4.98 Å². The first-order valence-electron chi connectivity index (χ1n) is 9.53. The molecule has 1 aliphatic carbocycles. The van der Waals surface area contributed by atoms with Gasteiger partial charge in [-0.1, -0.05) is 13.0 Å². The minimum atomic E-state index is -2.57. The van der Waals surface area contributed by atoms with Crippen LogP contribution in [0.1, 0.15) is 63.6 Å². The van der Waals surface area contributed by atoms with E-state index >= 15 is 0 Å². The monoisotopic (exact) mass is 374 g/mol. The van der Waals surface area contributed by atoms with Gasteiger partial charge < -0.3 is 10.5 Å². The molecule has 0 saturated heterocycles. The molecule has 3 rings (SSSR count). The third-order valence-electron chi connectivity index (χ3n) is 4.76. The zero-order valence-electron chi connectivity index (χ0n) is 16.2. The van der Waals surface area contributed by atoms with E-state index in [0.717, 1.165) is 36.1 Å². The smallest absolute Gasteiger partial charge is 0.280 e. The van der Waals surface area contributed by atoms with Crippen LogP contribution >= 0.6 is 0 Å². The van der Waals surface area contributed by atoms with Gasteiger partial charge in [-0.25, -0.2) is 8.78 Å². The molecule has 5 heteroatoms. The lowest BCUT2D eigenvalue weighted by Crippen LogP contribution is -2.35. The lowest BCUT2D eigenvalue weighted by atomic mass is 9.93. The molecule has 0 spiro atoms. The van der Waals surface area contributed by atoms with Crippen LogP contribution in [0.3, 0.4) is 0 Å². The van der Waals surface area contributed by atoms with Gasteiger partial charge in [0, 0.05) is 11.7 Å². The molecule has 0 bridgehead atoms. The maximum atomic E-state index is 12.9. The van der Waals surface area contributed by atoms with Crippen molar-refractivity contribution in [3.05, 3.63) is 47.8 Å². The Balaban J connectivity index is 1.78. The molecule has 0 unspecified atom stereocenters. The van der Waals surface area contributed by atoms with Crippen molar-refractivity contribution in [2.75, 3.05) is 6.61 Å². The standard InChI is InChI=1S/C22H28F2N2O/c1-14(12-22(2,3)25)13-27-20-7-6-16(10-18(20)15-4-5-15)17-8-9-26-19(11-17)21(23)24/h6-11,14-15,21H,4-5,12-13,25H2,1-3H3/t14-/m0/s1. The summed E-state index contributed by atoms with van der Waals surface area (Å²) in [6.45, 7) is 6.81. The lowest BCUT2D eigenvalue weighted by Gasteiger charge is -2.24. The van der Waals surface area contributed by atoms with Gasteiger partial charge in [0.05, 0.1) is 6.61 Å². The predicted molar refractivity (Wildman–Crippen MR) is 104 cm³/mol. The third kappa shape index (κ3) is 5.48. The maximum Gasteiger partial charge on any atom is 0.280 e. The zero-order chi connectivity index (χ0) is 19.6. The summed E-state index contributed by atoms with van der Waals surface area (Å²) in [4.78, 5) is 3.74. The van der Waals surface area contributed by atoms with E-state index in [0.29, 0.717) is 18.4 Å². The normalized spacial score (nSPS) is 15.8. The molecule has 0 radical (unpaired) electrons. The van der Waals surface area contributed by atoms with Crippen LogP contribution in [0.25, 0.3) is 11.1 Å². The Morgan fingerprint density at radius 2 is 1.89 bits per heavy atom. The molecule has 2 N–H and O–H groups in total. The van der Waals surface area contributed by atoms with Crippen molar-refractivity contribution in [3.8, 4) is 16.9 Å². The van der Waals surface area contributed by atoms with Gasteiger partial charge in [-0.2, -0.15) is 0 Å². The molecule has 1 fully saturated rings. The Morgan fingerprint density at radius 3 is 2.52 bits per heavy atom. The fourth-order valence-electron chi connectivity index (χ4n) is 3.51. The van der Waals surface area contributed by atoms with Gasteiger partial charge in [0.15, 0.2) is 0 Å².